The lowest BCUT2D eigenvalue weighted by Gasteiger charge is -2.16. The summed E-state index contributed by atoms with van der Waals surface area (Å²) in [5.41, 5.74) is 0. The van der Waals surface area contributed by atoms with E-state index in [4.69, 9.17) is 5.26 Å². The van der Waals surface area contributed by atoms with E-state index in [2.05, 4.69) is 32.5 Å². The molecule has 1 nitrogen and oxygen atoms in total. The zero-order valence-corrected chi connectivity index (χ0v) is 8.98. The van der Waals surface area contributed by atoms with Crippen molar-refractivity contribution in [1.82, 2.24) is 0 Å². The molecule has 0 fully saturated rings. The third-order valence-corrected chi connectivity index (χ3v) is 3.11. The molecule has 0 rings (SSSR count). The first-order chi connectivity index (χ1) is 5.72. The Labute approximate surface area is 81.6 Å². The summed E-state index contributed by atoms with van der Waals surface area (Å²) >= 11 is 4.52. The van der Waals surface area contributed by atoms with E-state index < -0.39 is 0 Å². The van der Waals surface area contributed by atoms with Gasteiger partial charge in [-0.25, -0.2) is 0 Å². The summed E-state index contributed by atoms with van der Waals surface area (Å²) in [7, 11) is 0. The minimum Gasteiger partial charge on any atom is -0.198 e. The third-order valence-electron chi connectivity index (χ3n) is 2.34. The summed E-state index contributed by atoms with van der Waals surface area (Å²) in [5.74, 6) is 0.704. The Morgan fingerprint density at radius 1 is 1.42 bits per heavy atom. The second-order valence-electron chi connectivity index (χ2n) is 3.36. The van der Waals surface area contributed by atoms with Gasteiger partial charge in [0, 0.05) is 11.7 Å². The number of rotatable bonds is 6. The van der Waals surface area contributed by atoms with E-state index in [0.29, 0.717) is 17.6 Å². The lowest BCUT2D eigenvalue weighted by Crippen LogP contribution is -2.10. The summed E-state index contributed by atoms with van der Waals surface area (Å²) in [6.45, 7) is 4.44. The normalized spacial score (nSPS) is 15.2. The van der Waals surface area contributed by atoms with Gasteiger partial charge in [-0.05, 0) is 18.8 Å². The summed E-state index contributed by atoms with van der Waals surface area (Å²) in [6, 6.07) is 2.16. The van der Waals surface area contributed by atoms with Crippen LogP contribution in [0, 0.1) is 17.2 Å². The van der Waals surface area contributed by atoms with Gasteiger partial charge >= 0.3 is 0 Å². The largest absolute Gasteiger partial charge is 0.198 e. The highest BCUT2D eigenvalue weighted by molar-refractivity contribution is 7.81. The number of unbranched alkanes of at least 4 members (excludes halogenated alkanes) is 2. The van der Waals surface area contributed by atoms with E-state index in [1.807, 2.05) is 0 Å². The van der Waals surface area contributed by atoms with Crippen molar-refractivity contribution in [3.05, 3.63) is 0 Å². The van der Waals surface area contributed by atoms with E-state index >= 15 is 0 Å². The molecule has 0 spiro atoms. The van der Waals surface area contributed by atoms with Crippen molar-refractivity contribution >= 4 is 12.6 Å². The quantitative estimate of drug-likeness (QED) is 0.497. The van der Waals surface area contributed by atoms with Gasteiger partial charge in [-0.3, -0.25) is 0 Å². The van der Waals surface area contributed by atoms with Crippen molar-refractivity contribution in [2.24, 2.45) is 5.92 Å². The zero-order valence-electron chi connectivity index (χ0n) is 8.08. The Morgan fingerprint density at radius 2 is 2.08 bits per heavy atom. The van der Waals surface area contributed by atoms with Crippen LogP contribution in [-0.2, 0) is 0 Å². The van der Waals surface area contributed by atoms with Gasteiger partial charge in [0.2, 0.25) is 0 Å². The molecule has 0 heterocycles. The molecule has 0 amide bonds. The van der Waals surface area contributed by atoms with E-state index in [9.17, 15) is 0 Å². The van der Waals surface area contributed by atoms with Crippen molar-refractivity contribution < 1.29 is 0 Å². The molecule has 0 aromatic carbocycles. The smallest absolute Gasteiger partial charge is 0.0621 e. The maximum atomic E-state index is 8.32. The number of thiol groups is 1. The van der Waals surface area contributed by atoms with Crippen molar-refractivity contribution in [3.63, 3.8) is 0 Å². The maximum Gasteiger partial charge on any atom is 0.0621 e. The molecule has 0 N–H and O–H groups in total. The van der Waals surface area contributed by atoms with E-state index in [-0.39, 0.29) is 0 Å². The van der Waals surface area contributed by atoms with Gasteiger partial charge < -0.3 is 0 Å². The van der Waals surface area contributed by atoms with E-state index in [1.54, 1.807) is 0 Å². The van der Waals surface area contributed by atoms with Crippen molar-refractivity contribution in [1.29, 1.82) is 5.26 Å². The first kappa shape index (κ1) is 11.8. The highest BCUT2D eigenvalue weighted by Crippen LogP contribution is 2.19. The maximum absolute atomic E-state index is 8.32. The molecule has 0 aliphatic carbocycles. The zero-order chi connectivity index (χ0) is 9.40. The van der Waals surface area contributed by atoms with E-state index in [0.717, 1.165) is 19.3 Å². The Bertz CT molecular complexity index is 139. The number of nitriles is 1. The fraction of sp³-hybridized carbons (Fsp3) is 0.900. The Kier molecular flexibility index (Phi) is 7.39. The second kappa shape index (κ2) is 7.49. The van der Waals surface area contributed by atoms with Crippen LogP contribution in [0.1, 0.15) is 46.0 Å². The summed E-state index contributed by atoms with van der Waals surface area (Å²) in [4.78, 5) is 0. The number of hydrogen-bond acceptors (Lipinski definition) is 2. The van der Waals surface area contributed by atoms with Crippen LogP contribution in [0.2, 0.25) is 0 Å². The summed E-state index contributed by atoms with van der Waals surface area (Å²) in [5, 5.41) is 8.84. The monoisotopic (exact) mass is 185 g/mol. The van der Waals surface area contributed by atoms with Crippen LogP contribution in [-0.4, -0.2) is 5.25 Å². The minimum atomic E-state index is 0.522. The van der Waals surface area contributed by atoms with Gasteiger partial charge in [-0.15, -0.1) is 0 Å². The average molecular weight is 185 g/mol. The van der Waals surface area contributed by atoms with Crippen molar-refractivity contribution in [2.75, 3.05) is 0 Å². The third kappa shape index (κ3) is 5.49. The number of nitrogens with zero attached hydrogens (tertiary/aromatic N) is 1. The van der Waals surface area contributed by atoms with Crippen molar-refractivity contribution in [3.8, 4) is 6.07 Å². The van der Waals surface area contributed by atoms with Gasteiger partial charge in [-0.2, -0.15) is 17.9 Å². The predicted octanol–water partition coefficient (Wildman–Crippen LogP) is 3.41. The Morgan fingerprint density at radius 3 is 2.58 bits per heavy atom. The molecule has 0 aromatic heterocycles. The van der Waals surface area contributed by atoms with Crippen LogP contribution in [0.15, 0.2) is 0 Å². The Hall–Kier alpha value is -0.160. The van der Waals surface area contributed by atoms with Crippen LogP contribution in [0.4, 0.5) is 0 Å². The summed E-state index contributed by atoms with van der Waals surface area (Å²) < 4.78 is 0. The molecule has 2 unspecified atom stereocenters. The van der Waals surface area contributed by atoms with Crippen LogP contribution in [0.3, 0.4) is 0 Å². The van der Waals surface area contributed by atoms with Crippen LogP contribution >= 0.6 is 12.6 Å². The fourth-order valence-electron chi connectivity index (χ4n) is 1.11. The van der Waals surface area contributed by atoms with E-state index in [1.165, 1.54) is 6.42 Å². The predicted molar refractivity (Wildman–Crippen MR) is 56.3 cm³/mol. The molecule has 2 atom stereocenters. The lowest BCUT2D eigenvalue weighted by atomic mass is 10.00. The first-order valence-corrected chi connectivity index (χ1v) is 5.29. The van der Waals surface area contributed by atoms with Gasteiger partial charge in [0.25, 0.3) is 0 Å². The molecule has 0 bridgehead atoms. The molecule has 70 valence electrons. The molecule has 0 aliphatic heterocycles. The Balaban J connectivity index is 3.32. The molecule has 0 radical (unpaired) electrons. The highest BCUT2D eigenvalue weighted by atomic mass is 32.1. The highest BCUT2D eigenvalue weighted by Gasteiger charge is 2.09. The van der Waals surface area contributed by atoms with Gasteiger partial charge in [0.05, 0.1) is 6.07 Å². The standard InChI is InChI=1S/C10H19NS/c1-3-9(2)10(12)7-5-4-6-8-11/h9-10,12H,3-7H2,1-2H3. The lowest BCUT2D eigenvalue weighted by molar-refractivity contribution is 0.497. The average Bonchev–Trinajstić information content (AvgIpc) is 2.10. The molecular weight excluding hydrogens is 166 g/mol. The molecule has 0 saturated carbocycles. The molecular formula is C10H19NS. The minimum absolute atomic E-state index is 0.522. The molecule has 2 heteroatoms. The molecule has 0 saturated heterocycles. The van der Waals surface area contributed by atoms with Crippen molar-refractivity contribution in [2.45, 2.75) is 51.2 Å². The molecule has 0 aromatic rings. The molecule has 12 heavy (non-hydrogen) atoms. The van der Waals surface area contributed by atoms with Crippen LogP contribution in [0.5, 0.6) is 0 Å². The first-order valence-electron chi connectivity index (χ1n) is 4.77. The molecule has 0 aliphatic rings. The SMILES string of the molecule is CCC(C)C(S)CCCCC#N. The van der Waals surface area contributed by atoms with Crippen LogP contribution < -0.4 is 0 Å². The van der Waals surface area contributed by atoms with Gasteiger partial charge in [0.15, 0.2) is 0 Å². The summed E-state index contributed by atoms with van der Waals surface area (Å²) in [6.07, 6.45) is 5.23. The number of hydrogen-bond donors (Lipinski definition) is 1. The van der Waals surface area contributed by atoms with Crippen LogP contribution in [0.25, 0.3) is 0 Å². The van der Waals surface area contributed by atoms with Gasteiger partial charge in [0.1, 0.15) is 0 Å². The topological polar surface area (TPSA) is 23.8 Å². The second-order valence-corrected chi connectivity index (χ2v) is 4.02. The van der Waals surface area contributed by atoms with Gasteiger partial charge in [-0.1, -0.05) is 26.7 Å². The fourth-order valence-corrected chi connectivity index (χ4v) is 1.51.